The van der Waals surface area contributed by atoms with Crippen LogP contribution in [-0.4, -0.2) is 53.1 Å². The Kier molecular flexibility index (Phi) is 5.60. The van der Waals surface area contributed by atoms with E-state index in [0.29, 0.717) is 17.2 Å². The minimum atomic E-state index is -4.34. The highest BCUT2D eigenvalue weighted by atomic mass is 19.4. The molecule has 0 N–H and O–H groups in total. The number of nitrogens with zero attached hydrogens (tertiary/aromatic N) is 4. The van der Waals surface area contributed by atoms with Crippen molar-refractivity contribution in [3.05, 3.63) is 41.5 Å². The van der Waals surface area contributed by atoms with Crippen molar-refractivity contribution in [2.24, 2.45) is 5.92 Å². The number of piperidine rings is 1. The highest BCUT2D eigenvalue weighted by Crippen LogP contribution is 2.31. The maximum atomic E-state index is 12.7. The van der Waals surface area contributed by atoms with E-state index in [1.54, 1.807) is 0 Å². The molecule has 4 nitrogen and oxygen atoms in total. The van der Waals surface area contributed by atoms with Crippen molar-refractivity contribution in [3.63, 3.8) is 0 Å². The van der Waals surface area contributed by atoms with Crippen molar-refractivity contribution in [2.75, 3.05) is 27.2 Å². The molecule has 2 aromatic rings. The Morgan fingerprint density at radius 1 is 1.19 bits per heavy atom. The highest BCUT2D eigenvalue weighted by Gasteiger charge is 2.30. The van der Waals surface area contributed by atoms with Gasteiger partial charge in [0.1, 0.15) is 5.69 Å². The van der Waals surface area contributed by atoms with Crippen LogP contribution >= 0.6 is 0 Å². The van der Waals surface area contributed by atoms with Crippen LogP contribution in [0.4, 0.5) is 19.0 Å². The van der Waals surface area contributed by atoms with Crippen LogP contribution in [0.5, 0.6) is 0 Å². The van der Waals surface area contributed by atoms with Crippen molar-refractivity contribution in [3.8, 4) is 11.3 Å². The number of hydrogen-bond donors (Lipinski definition) is 0. The molecular weight excluding hydrogens is 353 g/mol. The Balaban J connectivity index is 1.81. The third-order valence-electron chi connectivity index (χ3n) is 4.91. The zero-order valence-corrected chi connectivity index (χ0v) is 15.8. The van der Waals surface area contributed by atoms with Crippen molar-refractivity contribution < 1.29 is 17.7 Å². The summed E-state index contributed by atoms with van der Waals surface area (Å²) in [5, 5.41) is 8.55. The number of aryl methyl sites for hydroxylation is 1. The second-order valence-electron chi connectivity index (χ2n) is 7.23. The molecule has 1 aliphatic heterocycles. The van der Waals surface area contributed by atoms with Gasteiger partial charge in [0.2, 0.25) is 0 Å². The molecule has 1 aliphatic rings. The van der Waals surface area contributed by atoms with Crippen molar-refractivity contribution in [1.82, 2.24) is 15.1 Å². The normalized spacial score (nSPS) is 19.3. The molecule has 3 rings (SSSR count). The van der Waals surface area contributed by atoms with E-state index in [-0.39, 0.29) is 0 Å². The maximum absolute atomic E-state index is 12.7. The lowest BCUT2D eigenvalue weighted by Gasteiger charge is -2.26. The Bertz CT molecular complexity index is 828. The van der Waals surface area contributed by atoms with Gasteiger partial charge < -0.3 is 4.90 Å². The first-order chi connectivity index (χ1) is 12.7. The summed E-state index contributed by atoms with van der Waals surface area (Å²) in [7, 11) is 4.08. The first-order valence-electron chi connectivity index (χ1n) is 9.02. The summed E-state index contributed by atoms with van der Waals surface area (Å²) in [4.78, 5) is 2.32. The Labute approximate surface area is 157 Å². The third-order valence-corrected chi connectivity index (χ3v) is 4.91. The van der Waals surface area contributed by atoms with Gasteiger partial charge in [0.25, 0.3) is 0 Å². The monoisotopic (exact) mass is 377 g/mol. The topological polar surface area (TPSA) is 32.0 Å². The maximum Gasteiger partial charge on any atom is 0.416 e. The van der Waals surface area contributed by atoms with Crippen LogP contribution in [0.2, 0.25) is 0 Å². The molecule has 1 fully saturated rings. The zero-order valence-electron chi connectivity index (χ0n) is 15.8. The Morgan fingerprint density at radius 3 is 2.48 bits per heavy atom. The SMILES string of the molecule is Cc1cc([N+](C)=CC2CCCN(C)C2)nnc1-c1ccc(C(F)(F)F)cc1. The first kappa shape index (κ1) is 19.5. The average molecular weight is 377 g/mol. The van der Waals surface area contributed by atoms with Crippen LogP contribution in [-0.2, 0) is 6.18 Å². The van der Waals surface area contributed by atoms with Gasteiger partial charge in [-0.15, -0.1) is 0 Å². The van der Waals surface area contributed by atoms with Crippen molar-refractivity contribution in [1.29, 1.82) is 0 Å². The van der Waals surface area contributed by atoms with Crippen LogP contribution in [0.1, 0.15) is 24.0 Å². The molecule has 0 spiro atoms. The summed E-state index contributed by atoms with van der Waals surface area (Å²) < 4.78 is 40.1. The molecule has 1 unspecified atom stereocenters. The lowest BCUT2D eigenvalue weighted by atomic mass is 10.00. The number of alkyl halides is 3. The second-order valence-corrected chi connectivity index (χ2v) is 7.23. The molecular formula is C20H24F3N4+. The van der Waals surface area contributed by atoms with Gasteiger partial charge >= 0.3 is 12.0 Å². The lowest BCUT2D eigenvalue weighted by Crippen LogP contribution is -2.33. The summed E-state index contributed by atoms with van der Waals surface area (Å²) in [5.41, 5.74) is 1.43. The van der Waals surface area contributed by atoms with Gasteiger partial charge in [0, 0.05) is 24.1 Å². The van der Waals surface area contributed by atoms with Gasteiger partial charge in [-0.3, -0.25) is 0 Å². The Hall–Kier alpha value is -2.28. The molecule has 0 aliphatic carbocycles. The number of aromatic nitrogens is 2. The van der Waals surface area contributed by atoms with Crippen LogP contribution in [0, 0.1) is 12.8 Å². The second kappa shape index (κ2) is 7.76. The van der Waals surface area contributed by atoms with Crippen molar-refractivity contribution >= 4 is 12.0 Å². The van der Waals surface area contributed by atoms with Crippen molar-refractivity contribution in [2.45, 2.75) is 25.9 Å². The molecule has 7 heteroatoms. The molecule has 1 aromatic heterocycles. The summed E-state index contributed by atoms with van der Waals surface area (Å²) >= 11 is 0. The molecule has 1 atom stereocenters. The molecule has 0 saturated carbocycles. The smallest absolute Gasteiger partial charge is 0.306 e. The molecule has 1 aromatic carbocycles. The quantitative estimate of drug-likeness (QED) is 0.595. The fraction of sp³-hybridized carbons (Fsp3) is 0.450. The van der Waals surface area contributed by atoms with Gasteiger partial charge in [-0.2, -0.15) is 13.2 Å². The van der Waals surface area contributed by atoms with E-state index in [1.807, 2.05) is 24.6 Å². The first-order valence-corrected chi connectivity index (χ1v) is 9.02. The minimum absolute atomic E-state index is 0.477. The average Bonchev–Trinajstić information content (AvgIpc) is 2.61. The van der Waals surface area contributed by atoms with Gasteiger partial charge in [-0.05, 0) is 56.2 Å². The van der Waals surface area contributed by atoms with Crippen LogP contribution in [0.3, 0.4) is 0 Å². The van der Waals surface area contributed by atoms with E-state index in [4.69, 9.17) is 0 Å². The molecule has 2 heterocycles. The Morgan fingerprint density at radius 2 is 1.89 bits per heavy atom. The van der Waals surface area contributed by atoms with Gasteiger partial charge in [-0.25, -0.2) is 4.58 Å². The lowest BCUT2D eigenvalue weighted by molar-refractivity contribution is -0.407. The molecule has 27 heavy (non-hydrogen) atoms. The summed E-state index contributed by atoms with van der Waals surface area (Å²) in [6, 6.07) is 6.94. The predicted octanol–water partition coefficient (Wildman–Crippen LogP) is 4.16. The molecule has 0 amide bonds. The predicted molar refractivity (Wildman–Crippen MR) is 99.3 cm³/mol. The van der Waals surface area contributed by atoms with E-state index >= 15 is 0 Å². The molecule has 144 valence electrons. The van der Waals surface area contributed by atoms with Crippen LogP contribution < -0.4 is 0 Å². The van der Waals surface area contributed by atoms with E-state index in [9.17, 15) is 13.2 Å². The van der Waals surface area contributed by atoms with E-state index < -0.39 is 11.7 Å². The standard InChI is InChI=1S/C20H24F3N4/c1-14-11-18(27(3)13-15-5-4-10-26(2)12-15)24-25-19(14)16-6-8-17(9-7-16)20(21,22)23/h6-9,11,13,15H,4-5,10,12H2,1-3H3/q+1. The molecule has 1 saturated heterocycles. The van der Waals surface area contributed by atoms with Crippen LogP contribution in [0.25, 0.3) is 11.3 Å². The molecule has 0 radical (unpaired) electrons. The third kappa shape index (κ3) is 4.71. The summed E-state index contributed by atoms with van der Waals surface area (Å²) in [6.45, 7) is 4.06. The summed E-state index contributed by atoms with van der Waals surface area (Å²) in [5.74, 6) is 1.21. The van der Waals surface area contributed by atoms with E-state index in [2.05, 4.69) is 28.4 Å². The summed E-state index contributed by atoms with van der Waals surface area (Å²) in [6.07, 6.45) is 0.180. The number of benzene rings is 1. The molecule has 0 bridgehead atoms. The largest absolute Gasteiger partial charge is 0.416 e. The van der Waals surface area contributed by atoms with E-state index in [1.165, 1.54) is 18.6 Å². The number of likely N-dealkylation sites (tertiary alicyclic amines) is 1. The fourth-order valence-electron chi connectivity index (χ4n) is 3.47. The fourth-order valence-corrected chi connectivity index (χ4v) is 3.47. The zero-order chi connectivity index (χ0) is 19.6. The number of hydrogen-bond acceptors (Lipinski definition) is 3. The minimum Gasteiger partial charge on any atom is -0.306 e. The highest BCUT2D eigenvalue weighted by molar-refractivity contribution is 5.64. The number of rotatable bonds is 3. The van der Waals surface area contributed by atoms with Crippen LogP contribution in [0.15, 0.2) is 30.3 Å². The van der Waals surface area contributed by atoms with Gasteiger partial charge in [0.05, 0.1) is 23.9 Å². The number of halogens is 3. The van der Waals surface area contributed by atoms with E-state index in [0.717, 1.165) is 43.0 Å². The van der Waals surface area contributed by atoms with Gasteiger partial charge in [0.15, 0.2) is 0 Å². The van der Waals surface area contributed by atoms with Gasteiger partial charge in [-0.1, -0.05) is 12.1 Å².